The van der Waals surface area contributed by atoms with Crippen molar-refractivity contribution >= 4 is 12.0 Å². The molecule has 0 radical (unpaired) electrons. The third kappa shape index (κ3) is 4.01. The van der Waals surface area contributed by atoms with Crippen LogP contribution in [0.1, 0.15) is 50.7 Å². The van der Waals surface area contributed by atoms with Crippen LogP contribution in [0.2, 0.25) is 0 Å². The van der Waals surface area contributed by atoms with E-state index >= 15 is 0 Å². The molecule has 0 aromatic heterocycles. The zero-order chi connectivity index (χ0) is 14.6. The number of Topliss-reactive ketones (excluding diaryl/α,β-unsaturated/α-hetero) is 1. The highest BCUT2D eigenvalue weighted by Crippen LogP contribution is 2.32. The lowest BCUT2D eigenvalue weighted by molar-refractivity contribution is -0.119. The predicted molar refractivity (Wildman–Crippen MR) is 81.1 cm³/mol. The van der Waals surface area contributed by atoms with E-state index in [4.69, 9.17) is 0 Å². The van der Waals surface area contributed by atoms with Gasteiger partial charge >= 0.3 is 0 Å². The summed E-state index contributed by atoms with van der Waals surface area (Å²) in [6.07, 6.45) is 4.77. The molecule has 0 bridgehead atoms. The third-order valence-electron chi connectivity index (χ3n) is 3.97. The number of ketones is 1. The molecule has 1 aliphatic heterocycles. The van der Waals surface area contributed by atoms with Gasteiger partial charge in [-0.3, -0.25) is 9.79 Å². The molecule has 0 saturated heterocycles. The minimum atomic E-state index is -0.380. The van der Waals surface area contributed by atoms with E-state index in [0.717, 1.165) is 6.42 Å². The zero-order valence-corrected chi connectivity index (χ0v) is 12.3. The fourth-order valence-corrected chi connectivity index (χ4v) is 2.24. The number of aliphatic hydroxyl groups is 1. The van der Waals surface area contributed by atoms with Crippen LogP contribution in [0.5, 0.6) is 0 Å². The van der Waals surface area contributed by atoms with Crippen LogP contribution in [0.15, 0.2) is 29.3 Å². The Labute approximate surface area is 120 Å². The first-order valence-corrected chi connectivity index (χ1v) is 7.39. The van der Waals surface area contributed by atoms with Crippen molar-refractivity contribution in [2.75, 3.05) is 0 Å². The minimum Gasteiger partial charge on any atom is -0.393 e. The summed E-state index contributed by atoms with van der Waals surface area (Å²) in [7, 11) is 0. The Morgan fingerprint density at radius 2 is 1.95 bits per heavy atom. The van der Waals surface area contributed by atoms with Crippen molar-refractivity contribution in [3.63, 3.8) is 0 Å². The van der Waals surface area contributed by atoms with Gasteiger partial charge in [-0.05, 0) is 37.3 Å². The fourth-order valence-electron chi connectivity index (χ4n) is 2.24. The van der Waals surface area contributed by atoms with Gasteiger partial charge in [-0.1, -0.05) is 31.2 Å². The van der Waals surface area contributed by atoms with E-state index in [0.29, 0.717) is 25.7 Å². The molecule has 1 aliphatic rings. The van der Waals surface area contributed by atoms with E-state index in [1.54, 1.807) is 0 Å². The molecule has 2 atom stereocenters. The molecule has 0 spiro atoms. The van der Waals surface area contributed by atoms with Crippen LogP contribution in [0, 0.1) is 0 Å². The lowest BCUT2D eigenvalue weighted by atomic mass is 9.96. The van der Waals surface area contributed by atoms with Crippen molar-refractivity contribution in [2.45, 2.75) is 57.6 Å². The number of hydrogen-bond donors (Lipinski definition) is 1. The van der Waals surface area contributed by atoms with Gasteiger partial charge in [0, 0.05) is 19.1 Å². The minimum absolute atomic E-state index is 0.0709. The summed E-state index contributed by atoms with van der Waals surface area (Å²) >= 11 is 0. The van der Waals surface area contributed by atoms with Gasteiger partial charge in [-0.25, -0.2) is 0 Å². The van der Waals surface area contributed by atoms with E-state index in [1.165, 1.54) is 11.1 Å². The van der Waals surface area contributed by atoms with E-state index in [2.05, 4.69) is 36.2 Å². The number of rotatable bonds is 8. The van der Waals surface area contributed by atoms with Crippen molar-refractivity contribution in [2.24, 2.45) is 4.99 Å². The van der Waals surface area contributed by atoms with Gasteiger partial charge in [0.25, 0.3) is 0 Å². The van der Waals surface area contributed by atoms with Crippen molar-refractivity contribution in [1.82, 2.24) is 0 Å². The molecule has 1 N–H and O–H groups in total. The van der Waals surface area contributed by atoms with E-state index in [-0.39, 0.29) is 17.4 Å². The predicted octanol–water partition coefficient (Wildman–Crippen LogP) is 3.04. The van der Waals surface area contributed by atoms with E-state index in [9.17, 15) is 9.90 Å². The van der Waals surface area contributed by atoms with Crippen molar-refractivity contribution in [3.8, 4) is 0 Å². The number of aliphatic imine (C=N–C) groups is 1. The van der Waals surface area contributed by atoms with Crippen molar-refractivity contribution in [3.05, 3.63) is 35.4 Å². The summed E-state index contributed by atoms with van der Waals surface area (Å²) in [5.41, 5.74) is 2.37. The van der Waals surface area contributed by atoms with Crippen LogP contribution in [-0.2, 0) is 16.8 Å². The summed E-state index contributed by atoms with van der Waals surface area (Å²) in [4.78, 5) is 15.5. The molecule has 108 valence electrons. The van der Waals surface area contributed by atoms with Crippen molar-refractivity contribution in [1.29, 1.82) is 0 Å². The van der Waals surface area contributed by atoms with Gasteiger partial charge in [-0.15, -0.1) is 0 Å². The maximum atomic E-state index is 11.2. The molecule has 2 unspecified atom stereocenters. The fraction of sp³-hybridized carbons (Fsp3) is 0.529. The van der Waals surface area contributed by atoms with E-state index < -0.39 is 0 Å². The SMILES string of the molecule is CCC(=O)CCC(O)CCc1ccc(C2(C)C=N2)cc1. The molecular formula is C17H23NO2. The second-order valence-corrected chi connectivity index (χ2v) is 5.73. The average molecular weight is 273 g/mol. The first-order chi connectivity index (χ1) is 9.53. The Hall–Kier alpha value is -1.48. The molecule has 1 heterocycles. The Morgan fingerprint density at radius 1 is 1.30 bits per heavy atom. The number of aryl methyl sites for hydroxylation is 1. The quantitative estimate of drug-likeness (QED) is 0.791. The molecular weight excluding hydrogens is 250 g/mol. The monoisotopic (exact) mass is 273 g/mol. The summed E-state index contributed by atoms with van der Waals surface area (Å²) in [6, 6.07) is 8.42. The molecule has 0 amide bonds. The highest BCUT2D eigenvalue weighted by atomic mass is 16.3. The number of aliphatic hydroxyl groups excluding tert-OH is 1. The van der Waals surface area contributed by atoms with Crippen LogP contribution in [0.4, 0.5) is 0 Å². The standard InChI is InChI=1S/C17H23NO2/c1-3-15(19)10-11-16(20)9-6-13-4-7-14(8-5-13)17(2)12-18-17/h4-5,7-8,12,16,20H,3,6,9-11H2,1-2H3. The summed E-state index contributed by atoms with van der Waals surface area (Å²) in [6.45, 7) is 3.96. The molecule has 3 nitrogen and oxygen atoms in total. The van der Waals surface area contributed by atoms with Crippen LogP contribution in [-0.4, -0.2) is 23.2 Å². The highest BCUT2D eigenvalue weighted by molar-refractivity contribution is 5.85. The maximum Gasteiger partial charge on any atom is 0.132 e. The second kappa shape index (κ2) is 6.31. The van der Waals surface area contributed by atoms with Crippen LogP contribution in [0.25, 0.3) is 0 Å². The van der Waals surface area contributed by atoms with Gasteiger partial charge < -0.3 is 5.11 Å². The molecule has 3 heteroatoms. The highest BCUT2D eigenvalue weighted by Gasteiger charge is 2.32. The van der Waals surface area contributed by atoms with Crippen LogP contribution < -0.4 is 0 Å². The summed E-state index contributed by atoms with van der Waals surface area (Å²) in [5, 5.41) is 9.88. The Bertz CT molecular complexity index is 484. The average Bonchev–Trinajstić information content (AvgIpc) is 3.22. The maximum absolute atomic E-state index is 11.2. The number of carbonyl (C=O) groups is 1. The number of hydrogen-bond acceptors (Lipinski definition) is 3. The smallest absolute Gasteiger partial charge is 0.132 e. The van der Waals surface area contributed by atoms with Gasteiger partial charge in [-0.2, -0.15) is 0 Å². The first kappa shape index (κ1) is 14.9. The topological polar surface area (TPSA) is 49.7 Å². The van der Waals surface area contributed by atoms with Gasteiger partial charge in [0.05, 0.1) is 6.10 Å². The summed E-state index contributed by atoms with van der Waals surface area (Å²) in [5.74, 6) is 0.228. The second-order valence-electron chi connectivity index (χ2n) is 5.73. The molecule has 0 fully saturated rings. The molecule has 2 rings (SSSR count). The van der Waals surface area contributed by atoms with Gasteiger partial charge in [0.1, 0.15) is 11.3 Å². The van der Waals surface area contributed by atoms with Crippen LogP contribution >= 0.6 is 0 Å². The normalized spacial score (nSPS) is 21.8. The Morgan fingerprint density at radius 3 is 2.50 bits per heavy atom. The molecule has 20 heavy (non-hydrogen) atoms. The lowest BCUT2D eigenvalue weighted by Gasteiger charge is -2.11. The van der Waals surface area contributed by atoms with E-state index in [1.807, 2.05) is 13.1 Å². The lowest BCUT2D eigenvalue weighted by Crippen LogP contribution is -2.10. The first-order valence-electron chi connectivity index (χ1n) is 7.39. The molecule has 1 aromatic rings. The Balaban J connectivity index is 1.75. The molecule has 0 aliphatic carbocycles. The largest absolute Gasteiger partial charge is 0.393 e. The zero-order valence-electron chi connectivity index (χ0n) is 12.3. The third-order valence-corrected chi connectivity index (χ3v) is 3.97. The van der Waals surface area contributed by atoms with Crippen LogP contribution in [0.3, 0.4) is 0 Å². The van der Waals surface area contributed by atoms with Gasteiger partial charge in [0.2, 0.25) is 0 Å². The number of nitrogens with zero attached hydrogens (tertiary/aromatic N) is 1. The number of benzene rings is 1. The van der Waals surface area contributed by atoms with Gasteiger partial charge in [0.15, 0.2) is 0 Å². The summed E-state index contributed by atoms with van der Waals surface area (Å²) < 4.78 is 0. The van der Waals surface area contributed by atoms with Crippen molar-refractivity contribution < 1.29 is 9.90 Å². The number of carbonyl (C=O) groups excluding carboxylic acids is 1. The molecule has 1 aromatic carbocycles. The molecule has 0 saturated carbocycles. The Kier molecular flexibility index (Phi) is 4.71.